The van der Waals surface area contributed by atoms with E-state index in [1.54, 1.807) is 18.7 Å². The second kappa shape index (κ2) is 5.44. The molecule has 0 saturated carbocycles. The van der Waals surface area contributed by atoms with Gasteiger partial charge in [0.1, 0.15) is 5.56 Å². The fourth-order valence-corrected chi connectivity index (χ4v) is 2.47. The van der Waals surface area contributed by atoms with Crippen molar-refractivity contribution < 1.29 is 14.7 Å². The molecule has 1 aliphatic heterocycles. The number of aromatic nitrogens is 2. The van der Waals surface area contributed by atoms with Gasteiger partial charge >= 0.3 is 5.97 Å². The zero-order valence-corrected chi connectivity index (χ0v) is 11.5. The van der Waals surface area contributed by atoms with Crippen molar-refractivity contribution in [2.75, 3.05) is 13.1 Å². The number of aliphatic carboxylic acids is 1. The topological polar surface area (TPSA) is 103 Å². The van der Waals surface area contributed by atoms with Crippen molar-refractivity contribution in [2.24, 2.45) is 5.92 Å². The van der Waals surface area contributed by atoms with E-state index in [9.17, 15) is 14.4 Å². The molecule has 7 heteroatoms. The van der Waals surface area contributed by atoms with Crippen LogP contribution in [0, 0.1) is 19.8 Å². The van der Waals surface area contributed by atoms with Gasteiger partial charge in [-0.1, -0.05) is 0 Å². The number of carboxylic acid groups (broad SMARTS) is 1. The quantitative estimate of drug-likeness (QED) is 0.829. The number of hydrogen-bond acceptors (Lipinski definition) is 4. The summed E-state index contributed by atoms with van der Waals surface area (Å²) in [5.41, 5.74) is 0.780. The van der Waals surface area contributed by atoms with Gasteiger partial charge in [-0.05, 0) is 31.7 Å². The van der Waals surface area contributed by atoms with Crippen LogP contribution in [0.3, 0.4) is 0 Å². The van der Waals surface area contributed by atoms with E-state index in [0.29, 0.717) is 30.8 Å². The molecule has 0 aliphatic carbocycles. The fourth-order valence-electron chi connectivity index (χ4n) is 2.47. The van der Waals surface area contributed by atoms with Gasteiger partial charge in [-0.25, -0.2) is 5.10 Å². The van der Waals surface area contributed by atoms with E-state index < -0.39 is 11.5 Å². The molecule has 108 valence electrons. The van der Waals surface area contributed by atoms with Crippen LogP contribution in [0.4, 0.5) is 0 Å². The highest BCUT2D eigenvalue weighted by atomic mass is 16.4. The Balaban J connectivity index is 2.20. The Morgan fingerprint density at radius 2 is 2.15 bits per heavy atom. The molecule has 1 fully saturated rings. The standard InChI is InChI=1S/C13H17N3O4/c1-7-8(2)14-15-12(19)11(7)13(20)16-4-3-9(6-16)5-10(17)18/h9H,3-6H2,1-2H3,(H,15,19)(H,17,18). The number of hydrogen-bond donors (Lipinski definition) is 2. The molecule has 2 heterocycles. The van der Waals surface area contributed by atoms with Crippen LogP contribution in [0.15, 0.2) is 4.79 Å². The fraction of sp³-hybridized carbons (Fsp3) is 0.538. The first-order valence-corrected chi connectivity index (χ1v) is 6.47. The van der Waals surface area contributed by atoms with Crippen LogP contribution in [0.2, 0.25) is 0 Å². The second-order valence-corrected chi connectivity index (χ2v) is 5.14. The summed E-state index contributed by atoms with van der Waals surface area (Å²) in [5, 5.41) is 14.9. The molecule has 0 bridgehead atoms. The molecule has 0 aromatic carbocycles. The van der Waals surface area contributed by atoms with E-state index in [0.717, 1.165) is 0 Å². The van der Waals surface area contributed by atoms with E-state index in [-0.39, 0.29) is 23.8 Å². The molecule has 1 unspecified atom stereocenters. The molecule has 1 saturated heterocycles. The zero-order valence-electron chi connectivity index (χ0n) is 11.5. The lowest BCUT2D eigenvalue weighted by atomic mass is 10.1. The monoisotopic (exact) mass is 279 g/mol. The highest BCUT2D eigenvalue weighted by molar-refractivity contribution is 5.95. The maximum atomic E-state index is 12.4. The van der Waals surface area contributed by atoms with Gasteiger partial charge in [0.15, 0.2) is 0 Å². The van der Waals surface area contributed by atoms with E-state index in [2.05, 4.69) is 10.2 Å². The number of aromatic amines is 1. The van der Waals surface area contributed by atoms with Crippen LogP contribution in [-0.4, -0.2) is 45.2 Å². The first-order valence-electron chi connectivity index (χ1n) is 6.47. The summed E-state index contributed by atoms with van der Waals surface area (Å²) < 4.78 is 0. The molecule has 2 rings (SSSR count). The van der Waals surface area contributed by atoms with Gasteiger partial charge in [0.2, 0.25) is 0 Å². The van der Waals surface area contributed by atoms with Crippen molar-refractivity contribution >= 4 is 11.9 Å². The molecule has 1 aromatic heterocycles. The number of nitrogens with one attached hydrogen (secondary N) is 1. The molecule has 1 aliphatic rings. The summed E-state index contributed by atoms with van der Waals surface area (Å²) in [6, 6.07) is 0. The van der Waals surface area contributed by atoms with Gasteiger partial charge in [0, 0.05) is 19.5 Å². The summed E-state index contributed by atoms with van der Waals surface area (Å²) in [6.45, 7) is 4.28. The van der Waals surface area contributed by atoms with Crippen LogP contribution in [0.1, 0.15) is 34.5 Å². The Morgan fingerprint density at radius 3 is 2.80 bits per heavy atom. The van der Waals surface area contributed by atoms with Crippen LogP contribution in [0.5, 0.6) is 0 Å². The van der Waals surface area contributed by atoms with Crippen LogP contribution in [0.25, 0.3) is 0 Å². The van der Waals surface area contributed by atoms with Gasteiger partial charge in [0.05, 0.1) is 5.69 Å². The predicted molar refractivity (Wildman–Crippen MR) is 70.6 cm³/mol. The first kappa shape index (κ1) is 14.2. The molecule has 2 N–H and O–H groups in total. The number of rotatable bonds is 3. The maximum absolute atomic E-state index is 12.4. The van der Waals surface area contributed by atoms with Crippen molar-refractivity contribution in [3.8, 4) is 0 Å². The third kappa shape index (κ3) is 2.71. The van der Waals surface area contributed by atoms with Crippen molar-refractivity contribution in [1.29, 1.82) is 0 Å². The summed E-state index contributed by atoms with van der Waals surface area (Å²) in [4.78, 5) is 36.4. The lowest BCUT2D eigenvalue weighted by Crippen LogP contribution is -2.35. The van der Waals surface area contributed by atoms with E-state index in [4.69, 9.17) is 5.11 Å². The molecule has 20 heavy (non-hydrogen) atoms. The average Bonchev–Trinajstić information content (AvgIpc) is 2.82. The van der Waals surface area contributed by atoms with Gasteiger partial charge in [-0.3, -0.25) is 14.4 Å². The Kier molecular flexibility index (Phi) is 3.87. The average molecular weight is 279 g/mol. The third-order valence-corrected chi connectivity index (χ3v) is 3.72. The summed E-state index contributed by atoms with van der Waals surface area (Å²) in [5.74, 6) is -1.25. The number of carbonyl (C=O) groups is 2. The third-order valence-electron chi connectivity index (χ3n) is 3.72. The number of amides is 1. The van der Waals surface area contributed by atoms with Crippen molar-refractivity contribution in [1.82, 2.24) is 15.1 Å². The molecule has 1 amide bonds. The van der Waals surface area contributed by atoms with Gasteiger partial charge in [-0.15, -0.1) is 0 Å². The van der Waals surface area contributed by atoms with Crippen LogP contribution in [-0.2, 0) is 4.79 Å². The summed E-state index contributed by atoms with van der Waals surface area (Å²) in [6.07, 6.45) is 0.702. The minimum Gasteiger partial charge on any atom is -0.481 e. The number of likely N-dealkylation sites (tertiary alicyclic amines) is 1. The smallest absolute Gasteiger partial charge is 0.303 e. The molecule has 0 radical (unpaired) electrons. The maximum Gasteiger partial charge on any atom is 0.303 e. The van der Waals surface area contributed by atoms with E-state index in [1.807, 2.05) is 0 Å². The van der Waals surface area contributed by atoms with Crippen LogP contribution < -0.4 is 5.56 Å². The minimum absolute atomic E-state index is 0.0428. The van der Waals surface area contributed by atoms with Gasteiger partial charge in [0.25, 0.3) is 11.5 Å². The van der Waals surface area contributed by atoms with Crippen LogP contribution >= 0.6 is 0 Å². The lowest BCUT2D eigenvalue weighted by Gasteiger charge is -2.17. The molecular weight excluding hydrogens is 262 g/mol. The molecule has 1 aromatic rings. The Bertz CT molecular complexity index is 608. The Morgan fingerprint density at radius 1 is 1.45 bits per heavy atom. The molecule has 7 nitrogen and oxygen atoms in total. The Labute approximate surface area is 115 Å². The number of aryl methyl sites for hydroxylation is 1. The summed E-state index contributed by atoms with van der Waals surface area (Å²) >= 11 is 0. The molecule has 1 atom stereocenters. The SMILES string of the molecule is Cc1n[nH]c(=O)c(C(=O)N2CCC(CC(=O)O)C2)c1C. The Hall–Kier alpha value is -2.18. The van der Waals surface area contributed by atoms with Crippen molar-refractivity contribution in [3.05, 3.63) is 27.2 Å². The number of H-pyrrole nitrogens is 1. The van der Waals surface area contributed by atoms with Gasteiger partial charge in [-0.2, -0.15) is 5.10 Å². The van der Waals surface area contributed by atoms with E-state index >= 15 is 0 Å². The van der Waals surface area contributed by atoms with Crippen molar-refractivity contribution in [3.63, 3.8) is 0 Å². The summed E-state index contributed by atoms with van der Waals surface area (Å²) in [7, 11) is 0. The zero-order chi connectivity index (χ0) is 14.9. The lowest BCUT2D eigenvalue weighted by molar-refractivity contribution is -0.138. The minimum atomic E-state index is -0.863. The first-order chi connectivity index (χ1) is 9.40. The highest BCUT2D eigenvalue weighted by Crippen LogP contribution is 2.21. The number of nitrogens with zero attached hydrogens (tertiary/aromatic N) is 2. The molecule has 0 spiro atoms. The number of carbonyl (C=O) groups excluding carboxylic acids is 1. The molecular formula is C13H17N3O4. The predicted octanol–water partition coefficient (Wildman–Crippen LogP) is 0.324. The van der Waals surface area contributed by atoms with Gasteiger partial charge < -0.3 is 10.0 Å². The van der Waals surface area contributed by atoms with E-state index in [1.165, 1.54) is 0 Å². The highest BCUT2D eigenvalue weighted by Gasteiger charge is 2.30. The second-order valence-electron chi connectivity index (χ2n) is 5.14. The number of carboxylic acids is 1. The van der Waals surface area contributed by atoms with Crippen molar-refractivity contribution in [2.45, 2.75) is 26.7 Å². The largest absolute Gasteiger partial charge is 0.481 e. The normalized spacial score (nSPS) is 18.3.